The number of methoxy groups -OCH3 is 1. The maximum atomic E-state index is 14.3. The predicted octanol–water partition coefficient (Wildman–Crippen LogP) is -1.03. The van der Waals surface area contributed by atoms with Gasteiger partial charge in [-0.1, -0.05) is 18.2 Å². The zero-order valence-corrected chi connectivity index (χ0v) is 13.9. The Labute approximate surface area is 143 Å². The summed E-state index contributed by atoms with van der Waals surface area (Å²) in [5.74, 6) is -4.36. The molecule has 0 unspecified atom stereocenters. The fraction of sp³-hybridized carbons (Fsp3) is 0.471. The van der Waals surface area contributed by atoms with Crippen molar-refractivity contribution >= 4 is 17.8 Å². The molecule has 2 amide bonds. The van der Waals surface area contributed by atoms with Gasteiger partial charge in [-0.2, -0.15) is 0 Å². The third-order valence-corrected chi connectivity index (χ3v) is 5.27. The van der Waals surface area contributed by atoms with Crippen molar-refractivity contribution in [1.29, 1.82) is 0 Å². The molecule has 2 aliphatic rings. The van der Waals surface area contributed by atoms with Crippen LogP contribution in [0.1, 0.15) is 18.5 Å². The van der Waals surface area contributed by atoms with E-state index in [0.29, 0.717) is 0 Å². The lowest BCUT2D eigenvalue weighted by Crippen LogP contribution is -2.99. The molecule has 2 saturated heterocycles. The van der Waals surface area contributed by atoms with Gasteiger partial charge >= 0.3 is 5.97 Å². The number of hydrogen-bond donors (Lipinski definition) is 2. The van der Waals surface area contributed by atoms with Crippen molar-refractivity contribution in [3.05, 3.63) is 35.6 Å². The molecule has 0 radical (unpaired) electrons. The molecule has 0 aliphatic carbocycles. The number of esters is 1. The van der Waals surface area contributed by atoms with Crippen molar-refractivity contribution in [2.45, 2.75) is 18.5 Å². The van der Waals surface area contributed by atoms with Crippen molar-refractivity contribution in [2.75, 3.05) is 20.3 Å². The highest BCUT2D eigenvalue weighted by Gasteiger charge is 2.72. The number of nitrogens with two attached hydrogens (primary N) is 1. The van der Waals surface area contributed by atoms with Gasteiger partial charge < -0.3 is 15.2 Å². The van der Waals surface area contributed by atoms with Gasteiger partial charge in [0, 0.05) is 12.1 Å². The number of hydrogen-bond acceptors (Lipinski definition) is 5. The van der Waals surface area contributed by atoms with E-state index in [2.05, 4.69) is 0 Å². The lowest BCUT2D eigenvalue weighted by molar-refractivity contribution is -0.735. The molecule has 1 aromatic rings. The fourth-order valence-corrected chi connectivity index (χ4v) is 4.12. The SMILES string of the molecule is CCN1C(=O)[C@H]2[C@@H](C1=O)[C@](CO)(C(=O)OC)[NH2+][C@H]2c1ccccc1F. The highest BCUT2D eigenvalue weighted by molar-refractivity contribution is 6.08. The number of carbonyl (C=O) groups excluding carboxylic acids is 3. The average molecular weight is 351 g/mol. The van der Waals surface area contributed by atoms with Gasteiger partial charge in [0.25, 0.3) is 0 Å². The third-order valence-electron chi connectivity index (χ3n) is 5.27. The van der Waals surface area contributed by atoms with E-state index < -0.39 is 53.6 Å². The fourth-order valence-electron chi connectivity index (χ4n) is 4.12. The number of nitrogens with zero attached hydrogens (tertiary/aromatic N) is 1. The Hall–Kier alpha value is -2.32. The summed E-state index contributed by atoms with van der Waals surface area (Å²) in [4.78, 5) is 39.0. The number of aliphatic hydroxyl groups is 1. The molecule has 0 spiro atoms. The molecule has 1 aromatic carbocycles. The largest absolute Gasteiger partial charge is 0.464 e. The van der Waals surface area contributed by atoms with E-state index in [9.17, 15) is 23.9 Å². The molecular weight excluding hydrogens is 331 g/mol. The summed E-state index contributed by atoms with van der Waals surface area (Å²) in [7, 11) is 1.15. The first-order valence-corrected chi connectivity index (χ1v) is 8.07. The molecule has 2 fully saturated rings. The standard InChI is InChI=1S/C17H19FN2O5/c1-3-20-14(22)11-12(15(20)23)17(8-21,16(24)25-2)19-13(11)9-6-4-5-7-10(9)18/h4-7,11-13,19,21H,3,8H2,1-2H3/p+1/t11-,12-,13-,17+/m0/s1. The van der Waals surface area contributed by atoms with Crippen LogP contribution in [0, 0.1) is 17.7 Å². The van der Waals surface area contributed by atoms with Gasteiger partial charge in [0.05, 0.1) is 7.11 Å². The van der Waals surface area contributed by atoms with E-state index in [4.69, 9.17) is 4.74 Å². The number of ether oxygens (including phenoxy) is 1. The first-order chi connectivity index (χ1) is 11.9. The molecule has 3 rings (SSSR count). The second-order valence-corrected chi connectivity index (χ2v) is 6.33. The minimum absolute atomic E-state index is 0.150. The maximum absolute atomic E-state index is 14.3. The van der Waals surface area contributed by atoms with Crippen molar-refractivity contribution < 1.29 is 33.9 Å². The highest BCUT2D eigenvalue weighted by atomic mass is 19.1. The summed E-state index contributed by atoms with van der Waals surface area (Å²) in [5, 5.41) is 11.4. The number of quaternary nitrogens is 1. The Morgan fingerprint density at radius 3 is 2.60 bits per heavy atom. The molecule has 2 heterocycles. The third kappa shape index (κ3) is 2.28. The van der Waals surface area contributed by atoms with E-state index in [-0.39, 0.29) is 12.1 Å². The summed E-state index contributed by atoms with van der Waals surface area (Å²) < 4.78 is 19.1. The van der Waals surface area contributed by atoms with Crippen molar-refractivity contribution in [3.63, 3.8) is 0 Å². The summed E-state index contributed by atoms with van der Waals surface area (Å²) >= 11 is 0. The van der Waals surface area contributed by atoms with Gasteiger partial charge in [0.1, 0.15) is 30.3 Å². The van der Waals surface area contributed by atoms with Crippen molar-refractivity contribution in [2.24, 2.45) is 11.8 Å². The number of imide groups is 1. The van der Waals surface area contributed by atoms with Crippen LogP contribution in [0.25, 0.3) is 0 Å². The highest BCUT2D eigenvalue weighted by Crippen LogP contribution is 2.44. The van der Waals surface area contributed by atoms with Gasteiger partial charge in [-0.25, -0.2) is 9.18 Å². The average Bonchev–Trinajstić information content (AvgIpc) is 3.09. The molecule has 2 aliphatic heterocycles. The van der Waals surface area contributed by atoms with Crippen LogP contribution in [-0.4, -0.2) is 53.6 Å². The number of benzene rings is 1. The van der Waals surface area contributed by atoms with Gasteiger partial charge in [-0.3, -0.25) is 14.5 Å². The lowest BCUT2D eigenvalue weighted by Gasteiger charge is -2.27. The molecule has 25 heavy (non-hydrogen) atoms. The van der Waals surface area contributed by atoms with E-state index >= 15 is 0 Å². The van der Waals surface area contributed by atoms with Crippen LogP contribution >= 0.6 is 0 Å². The first kappa shape index (κ1) is 17.5. The molecule has 3 N–H and O–H groups in total. The van der Waals surface area contributed by atoms with Crippen LogP contribution in [0.3, 0.4) is 0 Å². The molecule has 0 aromatic heterocycles. The number of halogens is 1. The topological polar surface area (TPSA) is 101 Å². The van der Waals surface area contributed by atoms with Crippen LogP contribution in [0.15, 0.2) is 24.3 Å². The Bertz CT molecular complexity index is 740. The van der Waals surface area contributed by atoms with Crippen LogP contribution in [0.2, 0.25) is 0 Å². The van der Waals surface area contributed by atoms with Crippen LogP contribution < -0.4 is 5.32 Å². The van der Waals surface area contributed by atoms with E-state index in [1.165, 1.54) is 23.5 Å². The van der Waals surface area contributed by atoms with Crippen molar-refractivity contribution in [1.82, 2.24) is 4.90 Å². The molecule has 7 nitrogen and oxygen atoms in total. The summed E-state index contributed by atoms with van der Waals surface area (Å²) in [6.07, 6.45) is 0. The molecule has 8 heteroatoms. The van der Waals surface area contributed by atoms with Gasteiger partial charge in [-0.15, -0.1) is 0 Å². The minimum atomic E-state index is -1.66. The summed E-state index contributed by atoms with van der Waals surface area (Å²) in [5.41, 5.74) is -1.45. The number of rotatable bonds is 4. The van der Waals surface area contributed by atoms with E-state index in [0.717, 1.165) is 12.0 Å². The molecular formula is C17H20FN2O5+. The van der Waals surface area contributed by atoms with E-state index in [1.54, 1.807) is 13.0 Å². The van der Waals surface area contributed by atoms with Crippen LogP contribution in [0.5, 0.6) is 0 Å². The van der Waals surface area contributed by atoms with Gasteiger partial charge in [0.2, 0.25) is 17.4 Å². The van der Waals surface area contributed by atoms with Crippen LogP contribution in [0.4, 0.5) is 4.39 Å². The second kappa shape index (κ2) is 6.20. The maximum Gasteiger partial charge on any atom is 0.371 e. The van der Waals surface area contributed by atoms with Gasteiger partial charge in [-0.05, 0) is 13.0 Å². The number of fused-ring (bicyclic) bond motifs is 1. The number of aliphatic hydroxyl groups excluding tert-OH is 1. The molecule has 134 valence electrons. The molecule has 0 bridgehead atoms. The number of carbonyl (C=O) groups is 3. The first-order valence-electron chi connectivity index (χ1n) is 8.07. The van der Waals surface area contributed by atoms with Gasteiger partial charge in [0.15, 0.2) is 0 Å². The zero-order chi connectivity index (χ0) is 18.4. The normalized spacial score (nSPS) is 31.4. The quantitative estimate of drug-likeness (QED) is 0.534. The Morgan fingerprint density at radius 1 is 1.36 bits per heavy atom. The minimum Gasteiger partial charge on any atom is -0.464 e. The monoisotopic (exact) mass is 351 g/mol. The number of amides is 2. The van der Waals surface area contributed by atoms with Crippen LogP contribution in [-0.2, 0) is 19.1 Å². The smallest absolute Gasteiger partial charge is 0.371 e. The Balaban J connectivity index is 2.17. The molecule has 0 saturated carbocycles. The number of likely N-dealkylation sites (tertiary alicyclic amines) is 1. The second-order valence-electron chi connectivity index (χ2n) is 6.33. The summed E-state index contributed by atoms with van der Waals surface area (Å²) in [6, 6.07) is 5.12. The predicted molar refractivity (Wildman–Crippen MR) is 82.3 cm³/mol. The Morgan fingerprint density at radius 2 is 2.04 bits per heavy atom. The van der Waals surface area contributed by atoms with Crippen molar-refractivity contribution in [3.8, 4) is 0 Å². The summed E-state index contributed by atoms with van der Waals surface area (Å²) in [6.45, 7) is 1.11. The lowest BCUT2D eigenvalue weighted by atomic mass is 9.79. The van der Waals surface area contributed by atoms with E-state index in [1.807, 2.05) is 0 Å². The molecule has 4 atom stereocenters. The Kier molecular flexibility index (Phi) is 4.34. The zero-order valence-electron chi connectivity index (χ0n) is 13.9.